The van der Waals surface area contributed by atoms with E-state index >= 15 is 0 Å². The first kappa shape index (κ1) is 15.2. The van der Waals surface area contributed by atoms with E-state index in [2.05, 4.69) is 5.10 Å². The van der Waals surface area contributed by atoms with Gasteiger partial charge in [0, 0.05) is 26.2 Å². The number of aryl methyl sites for hydroxylation is 1. The lowest BCUT2D eigenvalue weighted by atomic mass is 10.1. The third-order valence-electron chi connectivity index (χ3n) is 3.09. The molecular weight excluding hydrogens is 290 g/mol. The Labute approximate surface area is 123 Å². The van der Waals surface area contributed by atoms with Gasteiger partial charge in [-0.25, -0.2) is 8.42 Å². The van der Waals surface area contributed by atoms with Gasteiger partial charge in [-0.05, 0) is 17.7 Å². The number of nitrogens with zero attached hydrogens (tertiary/aromatic N) is 3. The fourth-order valence-corrected chi connectivity index (χ4v) is 3.21. The zero-order valence-corrected chi connectivity index (χ0v) is 12.6. The van der Waals surface area contributed by atoms with Crippen molar-refractivity contribution >= 4 is 15.9 Å². The van der Waals surface area contributed by atoms with Gasteiger partial charge in [0.05, 0.1) is 6.20 Å². The number of rotatable bonds is 5. The van der Waals surface area contributed by atoms with E-state index in [1.54, 1.807) is 31.3 Å². The molecule has 0 bridgehead atoms. The number of benzene rings is 1. The molecule has 0 fully saturated rings. The summed E-state index contributed by atoms with van der Waals surface area (Å²) in [6, 6.07) is 8.41. The van der Waals surface area contributed by atoms with Crippen molar-refractivity contribution in [3.8, 4) is 0 Å². The number of nitrogen functional groups attached to an aromatic ring is 1. The standard InChI is InChI=1S/C13H17N5O2S/c1-17(21(19,20)12-6-7-16-18(12)2)9-10-4-3-5-11(8-10)13(14)15/h3-8H,9H2,1-2H3,(H3,14,15). The van der Waals surface area contributed by atoms with Gasteiger partial charge in [-0.1, -0.05) is 18.2 Å². The molecule has 2 rings (SSSR count). The van der Waals surface area contributed by atoms with Crippen molar-refractivity contribution in [1.29, 1.82) is 5.41 Å². The topological polar surface area (TPSA) is 105 Å². The van der Waals surface area contributed by atoms with Crippen LogP contribution < -0.4 is 5.73 Å². The molecule has 0 radical (unpaired) electrons. The number of hydrogen-bond acceptors (Lipinski definition) is 4. The molecular formula is C13H17N5O2S. The molecule has 0 aliphatic heterocycles. The van der Waals surface area contributed by atoms with Gasteiger partial charge < -0.3 is 5.73 Å². The van der Waals surface area contributed by atoms with Crippen molar-refractivity contribution in [2.45, 2.75) is 11.6 Å². The van der Waals surface area contributed by atoms with Crippen molar-refractivity contribution < 1.29 is 8.42 Å². The van der Waals surface area contributed by atoms with E-state index in [-0.39, 0.29) is 17.4 Å². The highest BCUT2D eigenvalue weighted by atomic mass is 32.2. The Kier molecular flexibility index (Phi) is 4.10. The van der Waals surface area contributed by atoms with Crippen molar-refractivity contribution in [3.05, 3.63) is 47.7 Å². The molecule has 0 atom stereocenters. The smallest absolute Gasteiger partial charge is 0.260 e. The molecule has 8 heteroatoms. The highest BCUT2D eigenvalue weighted by Crippen LogP contribution is 2.16. The zero-order chi connectivity index (χ0) is 15.6. The molecule has 21 heavy (non-hydrogen) atoms. The predicted molar refractivity (Wildman–Crippen MR) is 79.3 cm³/mol. The molecule has 1 aromatic heterocycles. The first-order valence-electron chi connectivity index (χ1n) is 6.20. The van der Waals surface area contributed by atoms with Crippen LogP contribution in [0.25, 0.3) is 0 Å². The third kappa shape index (κ3) is 3.11. The van der Waals surface area contributed by atoms with Crippen LogP contribution in [0.4, 0.5) is 0 Å². The van der Waals surface area contributed by atoms with Gasteiger partial charge in [0.2, 0.25) is 0 Å². The van der Waals surface area contributed by atoms with E-state index in [1.165, 1.54) is 28.3 Å². The summed E-state index contributed by atoms with van der Waals surface area (Å²) < 4.78 is 27.4. The zero-order valence-electron chi connectivity index (χ0n) is 11.8. The summed E-state index contributed by atoms with van der Waals surface area (Å²) in [5, 5.41) is 11.4. The van der Waals surface area contributed by atoms with Gasteiger partial charge in [-0.15, -0.1) is 0 Å². The first-order chi connectivity index (χ1) is 9.82. The molecule has 1 aromatic carbocycles. The monoisotopic (exact) mass is 307 g/mol. The van der Waals surface area contributed by atoms with Crippen LogP contribution in [-0.2, 0) is 23.6 Å². The molecule has 0 unspecified atom stereocenters. The average molecular weight is 307 g/mol. The van der Waals surface area contributed by atoms with Crippen LogP contribution in [0.3, 0.4) is 0 Å². The summed E-state index contributed by atoms with van der Waals surface area (Å²) in [7, 11) is -0.526. The highest BCUT2D eigenvalue weighted by Gasteiger charge is 2.24. The minimum Gasteiger partial charge on any atom is -0.384 e. The fourth-order valence-electron chi connectivity index (χ4n) is 1.95. The van der Waals surface area contributed by atoms with E-state index in [1.807, 2.05) is 0 Å². The minimum absolute atomic E-state index is 0.0472. The molecule has 0 saturated carbocycles. The second-order valence-corrected chi connectivity index (χ2v) is 6.66. The normalized spacial score (nSPS) is 11.8. The lowest BCUT2D eigenvalue weighted by molar-refractivity contribution is 0.457. The van der Waals surface area contributed by atoms with Crippen LogP contribution in [0.5, 0.6) is 0 Å². The Morgan fingerprint density at radius 3 is 2.71 bits per heavy atom. The summed E-state index contributed by atoms with van der Waals surface area (Å²) in [5.41, 5.74) is 6.76. The number of amidine groups is 1. The second-order valence-electron chi connectivity index (χ2n) is 4.67. The minimum atomic E-state index is -3.61. The van der Waals surface area contributed by atoms with E-state index in [0.29, 0.717) is 5.56 Å². The molecule has 1 heterocycles. The first-order valence-corrected chi connectivity index (χ1v) is 7.64. The lowest BCUT2D eigenvalue weighted by Gasteiger charge is -2.17. The van der Waals surface area contributed by atoms with Crippen molar-refractivity contribution in [1.82, 2.24) is 14.1 Å². The summed E-state index contributed by atoms with van der Waals surface area (Å²) in [4.78, 5) is 0. The maximum Gasteiger partial charge on any atom is 0.260 e. The van der Waals surface area contributed by atoms with Crippen LogP contribution in [-0.4, -0.2) is 35.4 Å². The number of aromatic nitrogens is 2. The van der Waals surface area contributed by atoms with Crippen molar-refractivity contribution in [2.75, 3.05) is 7.05 Å². The maximum absolute atomic E-state index is 12.4. The maximum atomic E-state index is 12.4. The molecule has 2 aromatic rings. The number of sulfonamides is 1. The predicted octanol–water partition coefficient (Wildman–Crippen LogP) is 0.525. The number of nitrogens with two attached hydrogens (primary N) is 1. The molecule has 112 valence electrons. The van der Waals surface area contributed by atoms with Crippen molar-refractivity contribution in [3.63, 3.8) is 0 Å². The van der Waals surface area contributed by atoms with E-state index in [4.69, 9.17) is 11.1 Å². The molecule has 3 N–H and O–H groups in total. The van der Waals surface area contributed by atoms with Crippen molar-refractivity contribution in [2.24, 2.45) is 12.8 Å². The lowest BCUT2D eigenvalue weighted by Crippen LogP contribution is -2.28. The van der Waals surface area contributed by atoms with Crippen LogP contribution in [0.1, 0.15) is 11.1 Å². The summed E-state index contributed by atoms with van der Waals surface area (Å²) in [5.74, 6) is -0.0472. The SMILES string of the molecule is CN(Cc1cccc(C(=N)N)c1)S(=O)(=O)c1ccnn1C. The Balaban J connectivity index is 2.26. The van der Waals surface area contributed by atoms with Gasteiger partial charge in [-0.2, -0.15) is 9.40 Å². The van der Waals surface area contributed by atoms with Crippen LogP contribution in [0.15, 0.2) is 41.6 Å². The third-order valence-corrected chi connectivity index (χ3v) is 4.97. The quantitative estimate of drug-likeness (QED) is 0.620. The van der Waals surface area contributed by atoms with Gasteiger partial charge in [0.25, 0.3) is 10.0 Å². The largest absolute Gasteiger partial charge is 0.384 e. The molecule has 0 saturated heterocycles. The Morgan fingerprint density at radius 2 is 2.14 bits per heavy atom. The van der Waals surface area contributed by atoms with E-state index in [9.17, 15) is 8.42 Å². The molecule has 0 aliphatic rings. The molecule has 7 nitrogen and oxygen atoms in total. The van der Waals surface area contributed by atoms with Gasteiger partial charge in [0.1, 0.15) is 5.84 Å². The van der Waals surface area contributed by atoms with E-state index in [0.717, 1.165) is 5.56 Å². The van der Waals surface area contributed by atoms with Gasteiger partial charge in [-0.3, -0.25) is 10.1 Å². The number of hydrogen-bond donors (Lipinski definition) is 2. The Morgan fingerprint density at radius 1 is 1.43 bits per heavy atom. The van der Waals surface area contributed by atoms with Crippen LogP contribution in [0, 0.1) is 5.41 Å². The molecule has 0 aliphatic carbocycles. The fraction of sp³-hybridized carbons (Fsp3) is 0.231. The Hall–Kier alpha value is -2.19. The van der Waals surface area contributed by atoms with Gasteiger partial charge in [0.15, 0.2) is 5.03 Å². The van der Waals surface area contributed by atoms with Crippen LogP contribution in [0.2, 0.25) is 0 Å². The second kappa shape index (κ2) is 5.66. The summed E-state index contributed by atoms with van der Waals surface area (Å²) in [6.07, 6.45) is 1.44. The van der Waals surface area contributed by atoms with Gasteiger partial charge >= 0.3 is 0 Å². The van der Waals surface area contributed by atoms with Crippen LogP contribution >= 0.6 is 0 Å². The molecule has 0 amide bonds. The van der Waals surface area contributed by atoms with E-state index < -0.39 is 10.0 Å². The summed E-state index contributed by atoms with van der Waals surface area (Å²) in [6.45, 7) is 0.189. The summed E-state index contributed by atoms with van der Waals surface area (Å²) >= 11 is 0. The Bertz CT molecular complexity index is 766. The molecule has 0 spiro atoms. The highest BCUT2D eigenvalue weighted by molar-refractivity contribution is 7.89. The number of nitrogens with one attached hydrogen (secondary N) is 1. The average Bonchev–Trinajstić information content (AvgIpc) is 2.86.